The molecule has 0 saturated carbocycles. The Balaban J connectivity index is 1.55. The molecule has 0 aliphatic rings. The molecule has 9 heteroatoms. The minimum absolute atomic E-state index is 0.279. The molecule has 2 heterocycles. The third-order valence-corrected chi connectivity index (χ3v) is 5.76. The third-order valence-electron chi connectivity index (χ3n) is 4.87. The Hall–Kier alpha value is -3.90. The van der Waals surface area contributed by atoms with Crippen LogP contribution in [0.4, 0.5) is 5.69 Å². The van der Waals surface area contributed by atoms with Crippen LogP contribution in [0.2, 0.25) is 0 Å². The van der Waals surface area contributed by atoms with Gasteiger partial charge in [0, 0.05) is 22.7 Å². The quantitative estimate of drug-likeness (QED) is 0.405. The fraction of sp³-hybridized carbons (Fsp3) is 0.208. The first kappa shape index (κ1) is 22.3. The molecule has 1 amide bonds. The molecule has 8 nitrogen and oxygen atoms in total. The van der Waals surface area contributed by atoms with Crippen LogP contribution in [0.3, 0.4) is 0 Å². The summed E-state index contributed by atoms with van der Waals surface area (Å²) >= 11 is 1.44. The van der Waals surface area contributed by atoms with E-state index in [4.69, 9.17) is 4.74 Å². The van der Waals surface area contributed by atoms with Crippen molar-refractivity contribution in [3.05, 3.63) is 76.6 Å². The van der Waals surface area contributed by atoms with Gasteiger partial charge in [-0.25, -0.2) is 9.50 Å². The number of aryl methyl sites for hydroxylation is 2. The second kappa shape index (κ2) is 9.71. The number of hydrogen-bond donors (Lipinski definition) is 1. The number of nitrogens with zero attached hydrogens (tertiary/aromatic N) is 5. The van der Waals surface area contributed by atoms with Crippen LogP contribution in [0.25, 0.3) is 5.78 Å². The van der Waals surface area contributed by atoms with Crippen LogP contribution in [-0.2, 0) is 5.75 Å². The van der Waals surface area contributed by atoms with E-state index < -0.39 is 0 Å². The van der Waals surface area contributed by atoms with Crippen molar-refractivity contribution < 1.29 is 9.53 Å². The zero-order valence-corrected chi connectivity index (χ0v) is 19.3. The Morgan fingerprint density at radius 3 is 2.79 bits per heavy atom. The zero-order chi connectivity index (χ0) is 23.4. The lowest BCUT2D eigenvalue weighted by molar-refractivity contribution is 0.102. The second-order valence-corrected chi connectivity index (χ2v) is 8.24. The Labute approximate surface area is 195 Å². The Morgan fingerprint density at radius 1 is 1.18 bits per heavy atom. The van der Waals surface area contributed by atoms with Gasteiger partial charge in [0.15, 0.2) is 0 Å². The van der Waals surface area contributed by atoms with E-state index >= 15 is 0 Å². The van der Waals surface area contributed by atoms with Crippen LogP contribution in [0.15, 0.2) is 53.7 Å². The number of nitrogens with one attached hydrogen (secondary N) is 1. The molecule has 0 radical (unpaired) electrons. The van der Waals surface area contributed by atoms with E-state index in [1.165, 1.54) is 11.8 Å². The molecule has 1 N–H and O–H groups in total. The molecule has 0 fully saturated rings. The molecule has 4 aromatic rings. The van der Waals surface area contributed by atoms with Gasteiger partial charge in [0.25, 0.3) is 11.7 Å². The van der Waals surface area contributed by atoms with Crippen molar-refractivity contribution in [2.45, 2.75) is 31.7 Å². The van der Waals surface area contributed by atoms with E-state index in [1.54, 1.807) is 28.8 Å². The maximum absolute atomic E-state index is 13.1. The number of carbonyl (C=O) groups excluding carboxylic acids is 1. The lowest BCUT2D eigenvalue weighted by Crippen LogP contribution is -2.15. The molecule has 0 aliphatic heterocycles. The Kier molecular flexibility index (Phi) is 6.56. The molecule has 2 aromatic heterocycles. The van der Waals surface area contributed by atoms with Gasteiger partial charge in [-0.15, -0.1) is 5.10 Å². The SMILES string of the molecule is CCOc1ccc(C#N)cc1NC(=O)c1ccccc1CSc1nc2nc(C)cc(C)n2n1. The summed E-state index contributed by atoms with van der Waals surface area (Å²) in [6.45, 7) is 6.19. The van der Waals surface area contributed by atoms with Crippen molar-refractivity contribution in [3.63, 3.8) is 0 Å². The number of amides is 1. The van der Waals surface area contributed by atoms with Gasteiger partial charge in [0.2, 0.25) is 5.16 Å². The number of carbonyl (C=O) groups is 1. The summed E-state index contributed by atoms with van der Waals surface area (Å²) in [4.78, 5) is 22.0. The summed E-state index contributed by atoms with van der Waals surface area (Å²) in [7, 11) is 0. The Bertz CT molecular complexity index is 1380. The van der Waals surface area contributed by atoms with Crippen molar-refractivity contribution in [3.8, 4) is 11.8 Å². The van der Waals surface area contributed by atoms with Crippen molar-refractivity contribution in [2.24, 2.45) is 0 Å². The van der Waals surface area contributed by atoms with Crippen molar-refractivity contribution in [2.75, 3.05) is 11.9 Å². The summed E-state index contributed by atoms with van der Waals surface area (Å²) < 4.78 is 7.32. The zero-order valence-electron chi connectivity index (χ0n) is 18.5. The molecular formula is C24H22N6O2S. The van der Waals surface area contributed by atoms with Gasteiger partial charge < -0.3 is 10.1 Å². The van der Waals surface area contributed by atoms with E-state index in [2.05, 4.69) is 26.5 Å². The standard InChI is InChI=1S/C24H22N6O2S/c1-4-32-21-10-9-17(13-25)12-20(21)27-22(31)19-8-6-5-7-18(19)14-33-24-28-23-26-15(2)11-16(3)30(23)29-24/h5-12H,4,14H2,1-3H3,(H,27,31). The van der Waals surface area contributed by atoms with Gasteiger partial charge in [-0.3, -0.25) is 4.79 Å². The number of aromatic nitrogens is 4. The van der Waals surface area contributed by atoms with Crippen molar-refractivity contribution in [1.29, 1.82) is 5.26 Å². The first-order chi connectivity index (χ1) is 16.0. The number of benzene rings is 2. The summed E-state index contributed by atoms with van der Waals surface area (Å²) in [5.74, 6) is 1.30. The molecule has 166 valence electrons. The van der Waals surface area contributed by atoms with E-state index in [0.717, 1.165) is 17.0 Å². The highest BCUT2D eigenvalue weighted by Gasteiger charge is 2.16. The molecule has 0 aliphatic carbocycles. The molecule has 0 bridgehead atoms. The molecule has 0 atom stereocenters. The predicted octanol–water partition coefficient (Wildman–Crippen LogP) is 4.56. The first-order valence-corrected chi connectivity index (χ1v) is 11.4. The minimum Gasteiger partial charge on any atom is -0.492 e. The van der Waals surface area contributed by atoms with E-state index in [1.807, 2.05) is 45.0 Å². The molecule has 4 rings (SSSR count). The van der Waals surface area contributed by atoms with Crippen LogP contribution < -0.4 is 10.1 Å². The lowest BCUT2D eigenvalue weighted by Gasteiger charge is -2.13. The average molecular weight is 459 g/mol. The monoisotopic (exact) mass is 458 g/mol. The van der Waals surface area contributed by atoms with Crippen LogP contribution in [0.1, 0.15) is 39.8 Å². The number of nitriles is 1. The highest BCUT2D eigenvalue weighted by molar-refractivity contribution is 7.98. The molecule has 33 heavy (non-hydrogen) atoms. The second-order valence-electron chi connectivity index (χ2n) is 7.30. The van der Waals surface area contributed by atoms with E-state index in [0.29, 0.717) is 45.9 Å². The maximum Gasteiger partial charge on any atom is 0.256 e. The summed E-state index contributed by atoms with van der Waals surface area (Å²) in [6.07, 6.45) is 0. The molecule has 0 unspecified atom stereocenters. The topological polar surface area (TPSA) is 105 Å². The lowest BCUT2D eigenvalue weighted by atomic mass is 10.1. The van der Waals surface area contributed by atoms with Crippen LogP contribution in [0, 0.1) is 25.2 Å². The van der Waals surface area contributed by atoms with Crippen LogP contribution in [-0.4, -0.2) is 32.1 Å². The number of thioether (sulfide) groups is 1. The number of hydrogen-bond acceptors (Lipinski definition) is 7. The van der Waals surface area contributed by atoms with Crippen LogP contribution in [0.5, 0.6) is 5.75 Å². The highest BCUT2D eigenvalue weighted by Crippen LogP contribution is 2.28. The van der Waals surface area contributed by atoms with Crippen molar-refractivity contribution >= 4 is 29.1 Å². The average Bonchev–Trinajstić information content (AvgIpc) is 3.22. The summed E-state index contributed by atoms with van der Waals surface area (Å²) in [6, 6.07) is 16.4. The van der Waals surface area contributed by atoms with E-state index in [9.17, 15) is 10.1 Å². The van der Waals surface area contributed by atoms with Gasteiger partial charge in [0.1, 0.15) is 5.75 Å². The van der Waals surface area contributed by atoms with Gasteiger partial charge >= 0.3 is 0 Å². The smallest absolute Gasteiger partial charge is 0.256 e. The van der Waals surface area contributed by atoms with Gasteiger partial charge in [-0.05, 0) is 56.7 Å². The number of ether oxygens (including phenoxy) is 1. The van der Waals surface area contributed by atoms with Gasteiger partial charge in [0.05, 0.1) is 23.9 Å². The van der Waals surface area contributed by atoms with Crippen LogP contribution >= 0.6 is 11.8 Å². The van der Waals surface area contributed by atoms with Gasteiger partial charge in [-0.2, -0.15) is 10.2 Å². The Morgan fingerprint density at radius 2 is 2.00 bits per heavy atom. The fourth-order valence-corrected chi connectivity index (χ4v) is 4.21. The van der Waals surface area contributed by atoms with Gasteiger partial charge in [-0.1, -0.05) is 30.0 Å². The maximum atomic E-state index is 13.1. The summed E-state index contributed by atoms with van der Waals surface area (Å²) in [5.41, 5.74) is 4.12. The molecular weight excluding hydrogens is 436 g/mol. The summed E-state index contributed by atoms with van der Waals surface area (Å²) in [5, 5.41) is 17.2. The fourth-order valence-electron chi connectivity index (χ4n) is 3.39. The minimum atomic E-state index is -0.279. The third kappa shape index (κ3) is 4.96. The number of anilines is 1. The molecule has 2 aromatic carbocycles. The largest absolute Gasteiger partial charge is 0.492 e. The first-order valence-electron chi connectivity index (χ1n) is 10.4. The predicted molar refractivity (Wildman–Crippen MR) is 127 cm³/mol. The molecule has 0 saturated heterocycles. The number of rotatable bonds is 7. The van der Waals surface area contributed by atoms with Crippen molar-refractivity contribution in [1.82, 2.24) is 19.6 Å². The normalized spacial score (nSPS) is 10.7. The number of fused-ring (bicyclic) bond motifs is 1. The molecule has 0 spiro atoms. The van der Waals surface area contributed by atoms with E-state index in [-0.39, 0.29) is 5.91 Å². The highest BCUT2D eigenvalue weighted by atomic mass is 32.2.